The molecule has 0 radical (unpaired) electrons. The van der Waals surface area contributed by atoms with E-state index in [2.05, 4.69) is 22.0 Å². The van der Waals surface area contributed by atoms with Crippen LogP contribution in [-0.2, 0) is 6.42 Å². The number of hydrogen-bond acceptors (Lipinski definition) is 5. The second kappa shape index (κ2) is 6.50. The molecule has 2 aromatic heterocycles. The van der Waals surface area contributed by atoms with Crippen molar-refractivity contribution in [1.29, 1.82) is 0 Å². The molecule has 6 heteroatoms. The van der Waals surface area contributed by atoms with E-state index in [0.29, 0.717) is 17.5 Å². The fourth-order valence-corrected chi connectivity index (χ4v) is 3.27. The number of aromatic nitrogens is 4. The number of anilines is 1. The Bertz CT molecular complexity index is 633. The van der Waals surface area contributed by atoms with E-state index in [9.17, 15) is 0 Å². The number of nitrogens with two attached hydrogens (primary N) is 1. The Morgan fingerprint density at radius 2 is 2.18 bits per heavy atom. The van der Waals surface area contributed by atoms with Crippen molar-refractivity contribution in [3.63, 3.8) is 0 Å². The first kappa shape index (κ1) is 15.1. The molecule has 6 nitrogen and oxygen atoms in total. The minimum absolute atomic E-state index is 0.0867. The highest BCUT2D eigenvalue weighted by molar-refractivity contribution is 5.59. The predicted molar refractivity (Wildman–Crippen MR) is 85.9 cm³/mol. The Hall–Kier alpha value is -1.85. The van der Waals surface area contributed by atoms with E-state index in [1.54, 1.807) is 0 Å². The van der Waals surface area contributed by atoms with E-state index in [1.165, 1.54) is 25.7 Å². The van der Waals surface area contributed by atoms with Gasteiger partial charge in [0.2, 0.25) is 0 Å². The highest BCUT2D eigenvalue weighted by Crippen LogP contribution is 2.28. The molecule has 2 aromatic rings. The van der Waals surface area contributed by atoms with Gasteiger partial charge in [-0.15, -0.1) is 5.10 Å². The van der Waals surface area contributed by atoms with E-state index in [4.69, 9.17) is 10.5 Å². The van der Waals surface area contributed by atoms with E-state index in [-0.39, 0.29) is 6.10 Å². The standard InChI is InChI=1S/C16H25N5O/c1-3-6-11(2)22-16-19-14(17)15-18-10-13(21(15)20-16)9-12-7-4-5-8-12/h10-12H,3-9H2,1-2H3,(H2,17,19,20)/t11-/m0/s1. The third kappa shape index (κ3) is 3.15. The molecule has 0 spiro atoms. The van der Waals surface area contributed by atoms with Crippen LogP contribution in [-0.4, -0.2) is 25.7 Å². The van der Waals surface area contributed by atoms with Crippen molar-refractivity contribution in [3.05, 3.63) is 11.9 Å². The topological polar surface area (TPSA) is 78.3 Å². The molecule has 22 heavy (non-hydrogen) atoms. The summed E-state index contributed by atoms with van der Waals surface area (Å²) in [5.41, 5.74) is 7.74. The maximum Gasteiger partial charge on any atom is 0.336 e. The largest absolute Gasteiger partial charge is 0.459 e. The lowest BCUT2D eigenvalue weighted by Gasteiger charge is -2.13. The van der Waals surface area contributed by atoms with Crippen LogP contribution in [0.25, 0.3) is 5.65 Å². The smallest absolute Gasteiger partial charge is 0.336 e. The lowest BCUT2D eigenvalue weighted by Crippen LogP contribution is -2.16. The highest BCUT2D eigenvalue weighted by Gasteiger charge is 2.19. The highest BCUT2D eigenvalue weighted by atomic mass is 16.5. The minimum atomic E-state index is 0.0867. The maximum atomic E-state index is 6.01. The van der Waals surface area contributed by atoms with Crippen LogP contribution in [0, 0.1) is 5.92 Å². The van der Waals surface area contributed by atoms with Gasteiger partial charge in [-0.1, -0.05) is 39.0 Å². The molecule has 3 rings (SSSR count). The summed E-state index contributed by atoms with van der Waals surface area (Å²) in [4.78, 5) is 8.60. The second-order valence-electron chi connectivity index (χ2n) is 6.34. The zero-order valence-corrected chi connectivity index (χ0v) is 13.5. The molecule has 2 N–H and O–H groups in total. The summed E-state index contributed by atoms with van der Waals surface area (Å²) in [6, 6.07) is 0.344. The number of rotatable bonds is 6. The molecule has 0 bridgehead atoms. The van der Waals surface area contributed by atoms with Gasteiger partial charge in [-0.3, -0.25) is 0 Å². The summed E-state index contributed by atoms with van der Waals surface area (Å²) < 4.78 is 7.60. The molecular weight excluding hydrogens is 278 g/mol. The van der Waals surface area contributed by atoms with E-state index in [1.807, 2.05) is 17.6 Å². The summed E-state index contributed by atoms with van der Waals surface area (Å²) in [5, 5.41) is 4.50. The summed E-state index contributed by atoms with van der Waals surface area (Å²) in [5.74, 6) is 1.12. The normalized spacial score (nSPS) is 17.2. The molecule has 0 aliphatic heterocycles. The van der Waals surface area contributed by atoms with Crippen molar-refractivity contribution in [2.45, 2.75) is 64.9 Å². The SMILES string of the molecule is CCC[C@H](C)Oc1nc(N)c2ncc(CC3CCCC3)n2n1. The summed E-state index contributed by atoms with van der Waals surface area (Å²) >= 11 is 0. The van der Waals surface area contributed by atoms with Crippen LogP contribution in [0.4, 0.5) is 5.82 Å². The third-order valence-electron chi connectivity index (χ3n) is 4.41. The Labute approximate surface area is 131 Å². The molecule has 1 saturated carbocycles. The lowest BCUT2D eigenvalue weighted by atomic mass is 10.0. The van der Waals surface area contributed by atoms with Crippen molar-refractivity contribution in [3.8, 4) is 6.01 Å². The number of hydrogen-bond donors (Lipinski definition) is 1. The average molecular weight is 303 g/mol. The average Bonchev–Trinajstić information content (AvgIpc) is 3.10. The van der Waals surface area contributed by atoms with E-state index in [0.717, 1.165) is 30.9 Å². The molecule has 0 saturated heterocycles. The van der Waals surface area contributed by atoms with Gasteiger partial charge >= 0.3 is 6.01 Å². The van der Waals surface area contributed by atoms with Crippen LogP contribution in [0.5, 0.6) is 6.01 Å². The lowest BCUT2D eigenvalue weighted by molar-refractivity contribution is 0.189. The summed E-state index contributed by atoms with van der Waals surface area (Å²) in [7, 11) is 0. The van der Waals surface area contributed by atoms with Crippen LogP contribution in [0.15, 0.2) is 6.20 Å². The van der Waals surface area contributed by atoms with Gasteiger partial charge in [0.15, 0.2) is 11.5 Å². The van der Waals surface area contributed by atoms with Gasteiger partial charge in [0, 0.05) is 0 Å². The van der Waals surface area contributed by atoms with Crippen molar-refractivity contribution in [2.24, 2.45) is 5.92 Å². The first-order valence-corrected chi connectivity index (χ1v) is 8.34. The Morgan fingerprint density at radius 3 is 2.91 bits per heavy atom. The van der Waals surface area contributed by atoms with Crippen LogP contribution < -0.4 is 10.5 Å². The molecule has 2 heterocycles. The van der Waals surface area contributed by atoms with Gasteiger partial charge in [0.25, 0.3) is 0 Å². The van der Waals surface area contributed by atoms with Crippen LogP contribution in [0.2, 0.25) is 0 Å². The number of fused-ring (bicyclic) bond motifs is 1. The predicted octanol–water partition coefficient (Wildman–Crippen LogP) is 3.01. The summed E-state index contributed by atoms with van der Waals surface area (Å²) in [6.07, 6.45) is 10.3. The van der Waals surface area contributed by atoms with Crippen molar-refractivity contribution in [1.82, 2.24) is 19.6 Å². The van der Waals surface area contributed by atoms with Gasteiger partial charge in [-0.25, -0.2) is 9.50 Å². The third-order valence-corrected chi connectivity index (χ3v) is 4.41. The first-order chi connectivity index (χ1) is 10.7. The fourth-order valence-electron chi connectivity index (χ4n) is 3.27. The minimum Gasteiger partial charge on any atom is -0.459 e. The van der Waals surface area contributed by atoms with E-state index < -0.39 is 0 Å². The van der Waals surface area contributed by atoms with Gasteiger partial charge in [0.05, 0.1) is 18.0 Å². The van der Waals surface area contributed by atoms with Crippen LogP contribution in [0.1, 0.15) is 58.1 Å². The summed E-state index contributed by atoms with van der Waals surface area (Å²) in [6.45, 7) is 4.16. The Balaban J connectivity index is 1.85. The number of ether oxygens (including phenoxy) is 1. The zero-order valence-electron chi connectivity index (χ0n) is 13.5. The van der Waals surface area contributed by atoms with Gasteiger partial charge in [0.1, 0.15) is 0 Å². The molecule has 0 amide bonds. The molecule has 0 aromatic carbocycles. The quantitative estimate of drug-likeness (QED) is 0.887. The van der Waals surface area contributed by atoms with Gasteiger partial charge < -0.3 is 10.5 Å². The van der Waals surface area contributed by atoms with Crippen molar-refractivity contribution >= 4 is 11.5 Å². The van der Waals surface area contributed by atoms with Crippen molar-refractivity contribution in [2.75, 3.05) is 5.73 Å². The van der Waals surface area contributed by atoms with Gasteiger partial charge in [-0.05, 0) is 25.7 Å². The second-order valence-corrected chi connectivity index (χ2v) is 6.34. The van der Waals surface area contributed by atoms with Crippen molar-refractivity contribution < 1.29 is 4.74 Å². The Morgan fingerprint density at radius 1 is 1.41 bits per heavy atom. The van der Waals surface area contributed by atoms with Crippen LogP contribution >= 0.6 is 0 Å². The molecule has 0 unspecified atom stereocenters. The zero-order chi connectivity index (χ0) is 15.5. The molecule has 1 aliphatic carbocycles. The molecule has 1 atom stereocenters. The number of imidazole rings is 1. The molecule has 1 aliphatic rings. The monoisotopic (exact) mass is 303 g/mol. The number of nitrogen functional groups attached to an aromatic ring is 1. The van der Waals surface area contributed by atoms with Crippen LogP contribution in [0.3, 0.4) is 0 Å². The van der Waals surface area contributed by atoms with Gasteiger partial charge in [-0.2, -0.15) is 4.98 Å². The van der Waals surface area contributed by atoms with E-state index >= 15 is 0 Å². The maximum absolute atomic E-state index is 6.01. The molecule has 120 valence electrons. The molecule has 1 fully saturated rings. The first-order valence-electron chi connectivity index (χ1n) is 8.34. The number of nitrogens with zero attached hydrogens (tertiary/aromatic N) is 4. The molecular formula is C16H25N5O. The fraction of sp³-hybridized carbons (Fsp3) is 0.688. The Kier molecular flexibility index (Phi) is 4.45.